The maximum Gasteiger partial charge on any atom is 0.407 e. The molecule has 4 rings (SSSR count). The van der Waals surface area contributed by atoms with Crippen LogP contribution in [0, 0.1) is 0 Å². The number of carbonyl (C=O) groups is 1. The minimum Gasteiger partial charge on any atom is -0.444 e. The lowest BCUT2D eigenvalue weighted by Crippen LogP contribution is -2.33. The maximum absolute atomic E-state index is 11.8. The van der Waals surface area contributed by atoms with Gasteiger partial charge in [0.15, 0.2) is 5.82 Å². The molecule has 0 unspecified atom stereocenters. The minimum absolute atomic E-state index is 0.418. The van der Waals surface area contributed by atoms with E-state index < -0.39 is 11.7 Å². The molecule has 0 fully saturated rings. The summed E-state index contributed by atoms with van der Waals surface area (Å²) in [6.07, 6.45) is 5.71. The van der Waals surface area contributed by atoms with Crippen molar-refractivity contribution in [2.45, 2.75) is 52.2 Å². The normalized spacial score (nSPS) is 12.9. The van der Waals surface area contributed by atoms with Crippen molar-refractivity contribution in [2.75, 3.05) is 6.54 Å². The fourth-order valence-corrected chi connectivity index (χ4v) is 3.49. The van der Waals surface area contributed by atoms with E-state index in [4.69, 9.17) is 9.84 Å². The number of nitrogens with one attached hydrogen (secondary N) is 2. The standard InChI is InChI=1S/C19H24N8O2/c1-19(2,3)29-18(28)21-8-4-10-27-16(17-22-25-26-23-17)14-6-5-12-11-20-9-7-13(12)15(14)24-27/h7,9,11H,4-6,8,10H2,1-3H3,(H,21,28)(H,22,23,25,26). The molecular formula is C19H24N8O2. The Morgan fingerprint density at radius 2 is 2.21 bits per heavy atom. The predicted molar refractivity (Wildman–Crippen MR) is 105 cm³/mol. The highest BCUT2D eigenvalue weighted by Crippen LogP contribution is 2.37. The Morgan fingerprint density at radius 1 is 1.34 bits per heavy atom. The molecule has 1 aliphatic rings. The molecule has 0 aliphatic heterocycles. The number of carbonyl (C=O) groups excluding carboxylic acids is 1. The number of ether oxygens (including phenoxy) is 1. The zero-order valence-corrected chi connectivity index (χ0v) is 16.8. The van der Waals surface area contributed by atoms with E-state index in [1.165, 1.54) is 5.56 Å². The maximum atomic E-state index is 11.8. The third-order valence-electron chi connectivity index (χ3n) is 4.64. The van der Waals surface area contributed by atoms with E-state index in [0.717, 1.165) is 35.4 Å². The van der Waals surface area contributed by atoms with E-state index in [1.807, 2.05) is 37.7 Å². The molecule has 0 saturated carbocycles. The lowest BCUT2D eigenvalue weighted by atomic mass is 9.90. The number of rotatable bonds is 5. The lowest BCUT2D eigenvalue weighted by molar-refractivity contribution is 0.0526. The summed E-state index contributed by atoms with van der Waals surface area (Å²) >= 11 is 0. The van der Waals surface area contributed by atoms with Crippen LogP contribution >= 0.6 is 0 Å². The van der Waals surface area contributed by atoms with Crippen molar-refractivity contribution in [3.8, 4) is 22.8 Å². The molecule has 0 spiro atoms. The van der Waals surface area contributed by atoms with Gasteiger partial charge in [0.1, 0.15) is 11.3 Å². The number of tetrazole rings is 1. The predicted octanol–water partition coefficient (Wildman–Crippen LogP) is 2.14. The second-order valence-corrected chi connectivity index (χ2v) is 7.96. The van der Waals surface area contributed by atoms with Crippen molar-refractivity contribution in [1.29, 1.82) is 0 Å². The van der Waals surface area contributed by atoms with Gasteiger partial charge >= 0.3 is 6.09 Å². The third kappa shape index (κ3) is 4.10. The molecule has 3 heterocycles. The quantitative estimate of drug-likeness (QED) is 0.633. The zero-order chi connectivity index (χ0) is 20.4. The summed E-state index contributed by atoms with van der Waals surface area (Å²) in [5, 5.41) is 22.0. The molecule has 2 N–H and O–H groups in total. The van der Waals surface area contributed by atoms with Crippen molar-refractivity contribution in [3.05, 3.63) is 29.6 Å². The van der Waals surface area contributed by atoms with E-state index in [1.54, 1.807) is 6.20 Å². The molecule has 1 aliphatic carbocycles. The highest BCUT2D eigenvalue weighted by molar-refractivity contribution is 5.75. The first-order valence-electron chi connectivity index (χ1n) is 9.66. The number of fused-ring (bicyclic) bond motifs is 3. The van der Waals surface area contributed by atoms with Crippen LogP contribution in [0.1, 0.15) is 38.3 Å². The van der Waals surface area contributed by atoms with Crippen LogP contribution in [-0.2, 0) is 24.1 Å². The van der Waals surface area contributed by atoms with Gasteiger partial charge in [0.25, 0.3) is 0 Å². The topological polar surface area (TPSA) is 123 Å². The van der Waals surface area contributed by atoms with Gasteiger partial charge in [-0.1, -0.05) is 0 Å². The van der Waals surface area contributed by atoms with Gasteiger partial charge in [-0.2, -0.15) is 5.10 Å². The Kier molecular flexibility index (Phi) is 4.99. The largest absolute Gasteiger partial charge is 0.444 e. The summed E-state index contributed by atoms with van der Waals surface area (Å²) in [7, 11) is 0. The Balaban J connectivity index is 1.53. The van der Waals surface area contributed by atoms with E-state index >= 15 is 0 Å². The molecule has 3 aromatic heterocycles. The van der Waals surface area contributed by atoms with Crippen LogP contribution in [0.5, 0.6) is 0 Å². The average Bonchev–Trinajstić information content (AvgIpc) is 3.31. The molecule has 0 atom stereocenters. The first-order valence-corrected chi connectivity index (χ1v) is 9.66. The number of aromatic nitrogens is 7. The number of pyridine rings is 1. The summed E-state index contributed by atoms with van der Waals surface area (Å²) < 4.78 is 7.18. The van der Waals surface area contributed by atoms with Crippen LogP contribution in [0.15, 0.2) is 18.5 Å². The van der Waals surface area contributed by atoms with Gasteiger partial charge in [0.05, 0.1) is 5.69 Å². The van der Waals surface area contributed by atoms with Gasteiger partial charge in [-0.15, -0.1) is 5.10 Å². The second-order valence-electron chi connectivity index (χ2n) is 7.96. The highest BCUT2D eigenvalue weighted by atomic mass is 16.6. The first-order chi connectivity index (χ1) is 13.9. The van der Waals surface area contributed by atoms with Crippen LogP contribution in [0.25, 0.3) is 22.8 Å². The first kappa shape index (κ1) is 19.0. The number of aromatic amines is 1. The number of nitrogens with zero attached hydrogens (tertiary/aromatic N) is 6. The lowest BCUT2D eigenvalue weighted by Gasteiger charge is -2.19. The van der Waals surface area contributed by atoms with Gasteiger partial charge in [-0.25, -0.2) is 9.89 Å². The molecule has 10 nitrogen and oxygen atoms in total. The van der Waals surface area contributed by atoms with Crippen molar-refractivity contribution in [1.82, 2.24) is 40.7 Å². The summed E-state index contributed by atoms with van der Waals surface area (Å²) in [6, 6.07) is 2.00. The Hall–Kier alpha value is -3.30. The highest BCUT2D eigenvalue weighted by Gasteiger charge is 2.27. The van der Waals surface area contributed by atoms with Crippen LogP contribution in [0.2, 0.25) is 0 Å². The van der Waals surface area contributed by atoms with Gasteiger partial charge < -0.3 is 10.1 Å². The summed E-state index contributed by atoms with van der Waals surface area (Å²) in [4.78, 5) is 16.1. The molecule has 10 heteroatoms. The van der Waals surface area contributed by atoms with Crippen LogP contribution in [0.4, 0.5) is 4.79 Å². The average molecular weight is 396 g/mol. The number of H-pyrrole nitrogens is 1. The van der Waals surface area contributed by atoms with Gasteiger partial charge in [-0.3, -0.25) is 9.67 Å². The van der Waals surface area contributed by atoms with E-state index in [2.05, 4.69) is 30.9 Å². The molecule has 0 radical (unpaired) electrons. The number of hydrogen-bond donors (Lipinski definition) is 2. The van der Waals surface area contributed by atoms with E-state index in [9.17, 15) is 4.79 Å². The second kappa shape index (κ2) is 7.61. The van der Waals surface area contributed by atoms with Crippen LogP contribution in [-0.4, -0.2) is 53.6 Å². The van der Waals surface area contributed by atoms with Gasteiger partial charge in [-0.05, 0) is 62.1 Å². The summed E-state index contributed by atoms with van der Waals surface area (Å²) in [5.41, 5.74) is 4.74. The molecule has 29 heavy (non-hydrogen) atoms. The molecule has 0 bridgehead atoms. The fourth-order valence-electron chi connectivity index (χ4n) is 3.49. The van der Waals surface area contributed by atoms with Crippen molar-refractivity contribution >= 4 is 6.09 Å². The fraction of sp³-hybridized carbons (Fsp3) is 0.474. The molecule has 0 aromatic carbocycles. The molecule has 152 valence electrons. The summed E-state index contributed by atoms with van der Waals surface area (Å²) in [6.45, 7) is 6.61. The monoisotopic (exact) mass is 396 g/mol. The molecule has 1 amide bonds. The SMILES string of the molecule is CC(C)(C)OC(=O)NCCCn1nc2c(c1-c1nnn[nH]1)CCc1cnccc1-2. The van der Waals surface area contributed by atoms with Crippen LogP contribution in [0.3, 0.4) is 0 Å². The Labute approximate surface area is 168 Å². The van der Waals surface area contributed by atoms with Crippen molar-refractivity contribution in [2.24, 2.45) is 0 Å². The number of aryl methyl sites for hydroxylation is 2. The molecule has 3 aromatic rings. The van der Waals surface area contributed by atoms with E-state index in [0.29, 0.717) is 25.3 Å². The Bertz CT molecular complexity index is 1000. The number of alkyl carbamates (subject to hydrolysis) is 1. The van der Waals surface area contributed by atoms with E-state index in [-0.39, 0.29) is 0 Å². The number of hydrogen-bond acceptors (Lipinski definition) is 7. The molecular weight excluding hydrogens is 372 g/mol. The third-order valence-corrected chi connectivity index (χ3v) is 4.64. The van der Waals surface area contributed by atoms with Gasteiger partial charge in [0.2, 0.25) is 0 Å². The van der Waals surface area contributed by atoms with Crippen LogP contribution < -0.4 is 5.32 Å². The Morgan fingerprint density at radius 3 is 2.97 bits per heavy atom. The van der Waals surface area contributed by atoms with Crippen molar-refractivity contribution in [3.63, 3.8) is 0 Å². The minimum atomic E-state index is -0.514. The molecule has 0 saturated heterocycles. The smallest absolute Gasteiger partial charge is 0.407 e. The van der Waals surface area contributed by atoms with Gasteiger partial charge in [0, 0.05) is 36.6 Å². The van der Waals surface area contributed by atoms with Crippen molar-refractivity contribution < 1.29 is 9.53 Å². The summed E-state index contributed by atoms with van der Waals surface area (Å²) in [5.74, 6) is 0.594. The number of amides is 1. The zero-order valence-electron chi connectivity index (χ0n) is 16.8.